The van der Waals surface area contributed by atoms with Gasteiger partial charge in [-0.15, -0.1) is 0 Å². The molecular formula is C15H21N3O. The maximum Gasteiger partial charge on any atom is 0.221 e. The minimum atomic E-state index is 0.0853. The van der Waals surface area contributed by atoms with Crippen molar-refractivity contribution in [1.82, 2.24) is 9.88 Å². The highest BCUT2D eigenvalue weighted by Crippen LogP contribution is 2.20. The Kier molecular flexibility index (Phi) is 4.22. The molecule has 102 valence electrons. The molecule has 1 amide bonds. The van der Waals surface area contributed by atoms with Crippen molar-refractivity contribution in [1.29, 1.82) is 0 Å². The summed E-state index contributed by atoms with van der Waals surface area (Å²) in [5.41, 5.74) is 8.03. The van der Waals surface area contributed by atoms with Crippen molar-refractivity contribution < 1.29 is 4.79 Å². The van der Waals surface area contributed by atoms with Crippen LogP contribution in [0, 0.1) is 0 Å². The van der Waals surface area contributed by atoms with E-state index in [1.54, 1.807) is 0 Å². The molecule has 0 aliphatic rings. The molecule has 0 saturated carbocycles. The first-order valence-electron chi connectivity index (χ1n) is 6.68. The summed E-state index contributed by atoms with van der Waals surface area (Å²) in [6.07, 6.45) is 2.51. The van der Waals surface area contributed by atoms with Crippen LogP contribution >= 0.6 is 0 Å². The smallest absolute Gasteiger partial charge is 0.221 e. The zero-order chi connectivity index (χ0) is 13.8. The van der Waals surface area contributed by atoms with Gasteiger partial charge in [0.05, 0.1) is 5.52 Å². The number of amides is 1. The lowest BCUT2D eigenvalue weighted by Gasteiger charge is -2.11. The molecule has 0 spiro atoms. The van der Waals surface area contributed by atoms with Gasteiger partial charge >= 0.3 is 0 Å². The Morgan fingerprint density at radius 2 is 2.16 bits per heavy atom. The molecule has 19 heavy (non-hydrogen) atoms. The fraction of sp³-hybridized carbons (Fsp3) is 0.400. The Balaban J connectivity index is 2.15. The molecule has 0 radical (unpaired) electrons. The second-order valence-corrected chi connectivity index (χ2v) is 5.04. The number of aromatic nitrogens is 1. The van der Waals surface area contributed by atoms with Gasteiger partial charge in [-0.05, 0) is 30.9 Å². The molecule has 0 aliphatic heterocycles. The molecule has 1 aromatic carbocycles. The molecule has 0 saturated heterocycles. The molecule has 2 aromatic rings. The summed E-state index contributed by atoms with van der Waals surface area (Å²) in [5, 5.41) is 4.08. The van der Waals surface area contributed by atoms with Gasteiger partial charge in [-0.3, -0.25) is 4.79 Å². The van der Waals surface area contributed by atoms with Gasteiger partial charge in [0.25, 0.3) is 0 Å². The number of nitrogens with zero attached hydrogens (tertiary/aromatic N) is 1. The normalized spacial score (nSPS) is 11.2. The summed E-state index contributed by atoms with van der Waals surface area (Å²) in [6.45, 7) is 5.13. The summed E-state index contributed by atoms with van der Waals surface area (Å²) in [4.78, 5) is 11.7. The van der Waals surface area contributed by atoms with Crippen molar-refractivity contribution in [2.75, 3.05) is 0 Å². The van der Waals surface area contributed by atoms with Gasteiger partial charge in [0.1, 0.15) is 0 Å². The van der Waals surface area contributed by atoms with E-state index in [0.717, 1.165) is 11.1 Å². The number of nitrogens with one attached hydrogen (secondary N) is 1. The van der Waals surface area contributed by atoms with Gasteiger partial charge in [0.2, 0.25) is 5.91 Å². The molecule has 4 heteroatoms. The molecule has 1 aromatic heterocycles. The van der Waals surface area contributed by atoms with Crippen molar-refractivity contribution in [2.45, 2.75) is 39.4 Å². The third-order valence-corrected chi connectivity index (χ3v) is 3.12. The Morgan fingerprint density at radius 3 is 2.84 bits per heavy atom. The van der Waals surface area contributed by atoms with Gasteiger partial charge in [0.15, 0.2) is 0 Å². The predicted molar refractivity (Wildman–Crippen MR) is 77.7 cm³/mol. The van der Waals surface area contributed by atoms with Crippen LogP contribution in [0.2, 0.25) is 0 Å². The second-order valence-electron chi connectivity index (χ2n) is 5.04. The lowest BCUT2D eigenvalue weighted by Crippen LogP contribution is -2.30. The molecular weight excluding hydrogens is 238 g/mol. The molecule has 0 bridgehead atoms. The van der Waals surface area contributed by atoms with Gasteiger partial charge in [0, 0.05) is 31.7 Å². The number of carbonyl (C=O) groups is 1. The lowest BCUT2D eigenvalue weighted by molar-refractivity contribution is -0.121. The fourth-order valence-corrected chi connectivity index (χ4v) is 2.31. The molecule has 3 N–H and O–H groups in total. The number of hydrogen-bond acceptors (Lipinski definition) is 2. The number of fused-ring (bicyclic) bond motifs is 1. The third kappa shape index (κ3) is 3.15. The average molecular weight is 259 g/mol. The number of benzene rings is 1. The molecule has 2 rings (SSSR count). The Morgan fingerprint density at radius 1 is 1.37 bits per heavy atom. The number of aryl methyl sites for hydroxylation is 1. The third-order valence-electron chi connectivity index (χ3n) is 3.12. The summed E-state index contributed by atoms with van der Waals surface area (Å²) in [5.74, 6) is 0.0853. The van der Waals surface area contributed by atoms with E-state index in [-0.39, 0.29) is 11.9 Å². The van der Waals surface area contributed by atoms with Gasteiger partial charge in [-0.25, -0.2) is 0 Å². The molecule has 0 unspecified atom stereocenters. The highest BCUT2D eigenvalue weighted by molar-refractivity contribution is 5.83. The zero-order valence-corrected chi connectivity index (χ0v) is 11.5. The summed E-state index contributed by atoms with van der Waals surface area (Å²) in [6, 6.07) is 8.37. The molecule has 0 aliphatic carbocycles. The van der Waals surface area contributed by atoms with Crippen molar-refractivity contribution >= 4 is 16.8 Å². The van der Waals surface area contributed by atoms with Gasteiger partial charge in [-0.2, -0.15) is 0 Å². The van der Waals surface area contributed by atoms with Crippen LogP contribution in [0.5, 0.6) is 0 Å². The fourth-order valence-electron chi connectivity index (χ4n) is 2.31. The summed E-state index contributed by atoms with van der Waals surface area (Å²) >= 11 is 0. The van der Waals surface area contributed by atoms with Crippen molar-refractivity contribution in [3.63, 3.8) is 0 Å². The first-order chi connectivity index (χ1) is 9.11. The number of carbonyl (C=O) groups excluding carboxylic acids is 1. The van der Waals surface area contributed by atoms with E-state index >= 15 is 0 Å². The molecule has 0 atom stereocenters. The van der Waals surface area contributed by atoms with Crippen LogP contribution in [-0.4, -0.2) is 16.5 Å². The summed E-state index contributed by atoms with van der Waals surface area (Å²) in [7, 11) is 0. The standard InChI is InChI=1S/C15H21N3O/c1-11(2)17-14(19)7-9-18-8-6-12-4-3-5-13(10-16)15(12)18/h3-6,8,11H,7,9-10,16H2,1-2H3,(H,17,19). The highest BCUT2D eigenvalue weighted by atomic mass is 16.1. The number of para-hydroxylation sites is 1. The zero-order valence-electron chi connectivity index (χ0n) is 11.5. The quantitative estimate of drug-likeness (QED) is 0.863. The highest BCUT2D eigenvalue weighted by Gasteiger charge is 2.08. The number of hydrogen-bond donors (Lipinski definition) is 2. The van der Waals surface area contributed by atoms with Crippen molar-refractivity contribution in [3.05, 3.63) is 36.0 Å². The maximum atomic E-state index is 11.7. The molecule has 1 heterocycles. The van der Waals surface area contributed by atoms with E-state index in [2.05, 4.69) is 22.0 Å². The minimum Gasteiger partial charge on any atom is -0.354 e. The first kappa shape index (κ1) is 13.6. The van der Waals surface area contributed by atoms with Crippen LogP contribution in [0.15, 0.2) is 30.5 Å². The monoisotopic (exact) mass is 259 g/mol. The number of rotatable bonds is 5. The average Bonchev–Trinajstić information content (AvgIpc) is 2.78. The SMILES string of the molecule is CC(C)NC(=O)CCn1ccc2cccc(CN)c21. The van der Waals surface area contributed by atoms with Crippen LogP contribution < -0.4 is 11.1 Å². The van der Waals surface area contributed by atoms with Crippen molar-refractivity contribution in [3.8, 4) is 0 Å². The topological polar surface area (TPSA) is 60.0 Å². The largest absolute Gasteiger partial charge is 0.354 e. The summed E-state index contributed by atoms with van der Waals surface area (Å²) < 4.78 is 2.11. The van der Waals surface area contributed by atoms with E-state index < -0.39 is 0 Å². The van der Waals surface area contributed by atoms with Crippen LogP contribution in [0.1, 0.15) is 25.8 Å². The minimum absolute atomic E-state index is 0.0853. The Labute approximate surface area is 113 Å². The van der Waals surface area contributed by atoms with Crippen molar-refractivity contribution in [2.24, 2.45) is 5.73 Å². The van der Waals surface area contributed by atoms with Crippen LogP contribution in [0.3, 0.4) is 0 Å². The van der Waals surface area contributed by atoms with Crippen LogP contribution in [-0.2, 0) is 17.9 Å². The van der Waals surface area contributed by atoms with Gasteiger partial charge < -0.3 is 15.6 Å². The lowest BCUT2D eigenvalue weighted by atomic mass is 10.1. The predicted octanol–water partition coefficient (Wildman–Crippen LogP) is 2.01. The van der Waals surface area contributed by atoms with Crippen LogP contribution in [0.25, 0.3) is 10.9 Å². The molecule has 0 fully saturated rings. The number of nitrogens with two attached hydrogens (primary N) is 1. The van der Waals surface area contributed by atoms with Gasteiger partial charge in [-0.1, -0.05) is 18.2 Å². The van der Waals surface area contributed by atoms with E-state index in [1.807, 2.05) is 32.2 Å². The van der Waals surface area contributed by atoms with E-state index in [1.165, 1.54) is 5.39 Å². The maximum absolute atomic E-state index is 11.7. The van der Waals surface area contributed by atoms with E-state index in [4.69, 9.17) is 5.73 Å². The first-order valence-corrected chi connectivity index (χ1v) is 6.68. The van der Waals surface area contributed by atoms with E-state index in [9.17, 15) is 4.79 Å². The second kappa shape index (κ2) is 5.89. The van der Waals surface area contributed by atoms with Crippen LogP contribution in [0.4, 0.5) is 0 Å². The Hall–Kier alpha value is -1.81. The van der Waals surface area contributed by atoms with E-state index in [0.29, 0.717) is 19.5 Å². The molecule has 4 nitrogen and oxygen atoms in total. The Bertz CT molecular complexity index is 572.